The maximum atomic E-state index is 5.63. The monoisotopic (exact) mass is 184 g/mol. The first-order chi connectivity index (χ1) is 5.43. The quantitative estimate of drug-likeness (QED) is 0.382. The van der Waals surface area contributed by atoms with Gasteiger partial charge in [0.2, 0.25) is 0 Å². The Morgan fingerprint density at radius 1 is 1.18 bits per heavy atom. The van der Waals surface area contributed by atoms with Gasteiger partial charge in [-0.2, -0.15) is 0 Å². The van der Waals surface area contributed by atoms with E-state index in [1.807, 2.05) is 0 Å². The van der Waals surface area contributed by atoms with E-state index in [0.717, 1.165) is 5.50 Å². The van der Waals surface area contributed by atoms with Crippen molar-refractivity contribution in [3.05, 3.63) is 35.9 Å². The number of benzene rings is 1. The van der Waals surface area contributed by atoms with Gasteiger partial charge in [-0.1, -0.05) is 36.4 Å². The van der Waals surface area contributed by atoms with Gasteiger partial charge in [0.25, 0.3) is 0 Å². The van der Waals surface area contributed by atoms with Crippen molar-refractivity contribution >= 4 is 21.1 Å². The molecular formula is C9H13ClSi. The van der Waals surface area contributed by atoms with E-state index in [1.54, 1.807) is 0 Å². The molecule has 1 aromatic carbocycles. The number of halogens is 1. The van der Waals surface area contributed by atoms with Gasteiger partial charge in [0, 0.05) is 15.0 Å². The second-order valence-corrected chi connectivity index (χ2v) is 5.56. The van der Waals surface area contributed by atoms with Crippen LogP contribution in [0.4, 0.5) is 0 Å². The molecule has 1 aromatic rings. The summed E-state index contributed by atoms with van der Waals surface area (Å²) in [5.74, 6) is 0. The molecule has 2 heteroatoms. The molecule has 0 spiro atoms. The Morgan fingerprint density at radius 3 is 2.55 bits per heavy atom. The minimum atomic E-state index is 0.0433. The molecule has 0 aliphatic carbocycles. The predicted octanol–water partition coefficient (Wildman–Crippen LogP) is 2.01. The van der Waals surface area contributed by atoms with Crippen LogP contribution in [0.15, 0.2) is 30.3 Å². The summed E-state index contributed by atoms with van der Waals surface area (Å²) in [5, 5.41) is 0. The van der Waals surface area contributed by atoms with Crippen molar-refractivity contribution in [1.29, 1.82) is 0 Å². The molecule has 11 heavy (non-hydrogen) atoms. The topological polar surface area (TPSA) is 0 Å². The van der Waals surface area contributed by atoms with E-state index in [9.17, 15) is 0 Å². The van der Waals surface area contributed by atoms with Crippen molar-refractivity contribution in [2.24, 2.45) is 0 Å². The molecule has 0 heterocycles. The zero-order valence-corrected chi connectivity index (χ0v) is 8.76. The lowest BCUT2D eigenvalue weighted by atomic mass is 10.2. The summed E-state index contributed by atoms with van der Waals surface area (Å²) in [6, 6.07) is 12.0. The molecule has 0 saturated carbocycles. The first kappa shape index (κ1) is 8.82. The van der Waals surface area contributed by atoms with Crippen LogP contribution in [0.1, 0.15) is 5.56 Å². The van der Waals surface area contributed by atoms with Crippen LogP contribution in [0, 0.1) is 0 Å². The third-order valence-electron chi connectivity index (χ3n) is 1.69. The minimum absolute atomic E-state index is 0.0433. The normalized spacial score (nSPS) is 11.0. The molecule has 0 nitrogen and oxygen atoms in total. The van der Waals surface area contributed by atoms with E-state index >= 15 is 0 Å². The van der Waals surface area contributed by atoms with Gasteiger partial charge in [0.05, 0.1) is 0 Å². The molecule has 0 saturated heterocycles. The van der Waals surface area contributed by atoms with E-state index in [0.29, 0.717) is 0 Å². The van der Waals surface area contributed by atoms with Crippen LogP contribution in [0.25, 0.3) is 0 Å². The molecule has 0 atom stereocenters. The summed E-state index contributed by atoms with van der Waals surface area (Å²) in [6.45, 7) is 0. The zero-order valence-electron chi connectivity index (χ0n) is 6.59. The van der Waals surface area contributed by atoms with Gasteiger partial charge >= 0.3 is 0 Å². The number of hydrogen-bond acceptors (Lipinski definition) is 0. The zero-order chi connectivity index (χ0) is 7.94. The van der Waals surface area contributed by atoms with Gasteiger partial charge < -0.3 is 0 Å². The van der Waals surface area contributed by atoms with Crippen LogP contribution in [-0.4, -0.2) is 15.0 Å². The maximum absolute atomic E-state index is 5.63. The van der Waals surface area contributed by atoms with Gasteiger partial charge in [-0.05, 0) is 12.0 Å². The Bertz CT molecular complexity index is 186. The average Bonchev–Trinajstić information content (AvgIpc) is 2.07. The summed E-state index contributed by atoms with van der Waals surface area (Å²) in [6.07, 6.45) is 1.22. The van der Waals surface area contributed by atoms with E-state index in [2.05, 4.69) is 30.3 Å². The highest BCUT2D eigenvalue weighted by Crippen LogP contribution is 2.01. The smallest absolute Gasteiger partial charge is 0.0382 e. The molecule has 0 fully saturated rings. The summed E-state index contributed by atoms with van der Waals surface area (Å²) in [4.78, 5) is 0. The molecule has 0 aliphatic rings. The number of hydrogen-bond donors (Lipinski definition) is 0. The fourth-order valence-electron chi connectivity index (χ4n) is 1.07. The Kier molecular flexibility index (Phi) is 4.32. The third kappa shape index (κ3) is 3.59. The molecule has 0 aliphatic heterocycles. The number of alkyl halides is 1. The molecular weight excluding hydrogens is 172 g/mol. The van der Waals surface area contributed by atoms with E-state index in [-0.39, 0.29) is 9.52 Å². The minimum Gasteiger partial charge on any atom is -0.131 e. The molecule has 0 aromatic heterocycles. The number of rotatable bonds is 4. The average molecular weight is 185 g/mol. The van der Waals surface area contributed by atoms with Crippen LogP contribution in [-0.2, 0) is 6.42 Å². The fourth-order valence-corrected chi connectivity index (χ4v) is 2.48. The summed E-state index contributed by atoms with van der Waals surface area (Å²) in [7, 11) is 0.0433. The highest BCUT2D eigenvalue weighted by atomic mass is 35.5. The summed E-state index contributed by atoms with van der Waals surface area (Å²) >= 11 is 5.63. The largest absolute Gasteiger partial charge is 0.131 e. The third-order valence-corrected chi connectivity index (χ3v) is 3.61. The van der Waals surface area contributed by atoms with Crippen LogP contribution >= 0.6 is 11.6 Å². The van der Waals surface area contributed by atoms with Crippen molar-refractivity contribution in [3.63, 3.8) is 0 Å². The standard InChI is InChI=1S/C9H13ClSi/c10-8-11-7-6-9-4-2-1-3-5-9/h1-5H,6-8,11H2. The van der Waals surface area contributed by atoms with Crippen LogP contribution in [0.3, 0.4) is 0 Å². The van der Waals surface area contributed by atoms with Crippen LogP contribution in [0.2, 0.25) is 6.04 Å². The van der Waals surface area contributed by atoms with E-state index < -0.39 is 0 Å². The highest BCUT2D eigenvalue weighted by molar-refractivity contribution is 6.50. The maximum Gasteiger partial charge on any atom is 0.0382 e. The Hall–Kier alpha value is -0.273. The molecule has 0 radical (unpaired) electrons. The number of aryl methyl sites for hydroxylation is 1. The van der Waals surface area contributed by atoms with Crippen molar-refractivity contribution in [2.45, 2.75) is 12.5 Å². The van der Waals surface area contributed by atoms with Crippen molar-refractivity contribution in [3.8, 4) is 0 Å². The lowest BCUT2D eigenvalue weighted by Gasteiger charge is -1.97. The van der Waals surface area contributed by atoms with Crippen LogP contribution < -0.4 is 0 Å². The van der Waals surface area contributed by atoms with Gasteiger partial charge in [-0.3, -0.25) is 0 Å². The molecule has 60 valence electrons. The molecule has 0 bridgehead atoms. The second kappa shape index (κ2) is 5.39. The Balaban J connectivity index is 2.28. The van der Waals surface area contributed by atoms with Gasteiger partial charge in [0.15, 0.2) is 0 Å². The van der Waals surface area contributed by atoms with E-state index in [4.69, 9.17) is 11.6 Å². The Morgan fingerprint density at radius 2 is 1.91 bits per heavy atom. The predicted molar refractivity (Wildman–Crippen MR) is 54.2 cm³/mol. The summed E-state index contributed by atoms with van der Waals surface area (Å²) < 4.78 is 0. The SMILES string of the molecule is ClC[SiH2]CCc1ccccc1. The second-order valence-electron chi connectivity index (χ2n) is 2.63. The fraction of sp³-hybridized carbons (Fsp3) is 0.333. The van der Waals surface area contributed by atoms with E-state index in [1.165, 1.54) is 18.0 Å². The lowest BCUT2D eigenvalue weighted by molar-refractivity contribution is 1.12. The molecule has 0 N–H and O–H groups in total. The van der Waals surface area contributed by atoms with Gasteiger partial charge in [-0.15, -0.1) is 11.6 Å². The molecule has 0 amide bonds. The first-order valence-electron chi connectivity index (χ1n) is 4.03. The van der Waals surface area contributed by atoms with Gasteiger partial charge in [0.1, 0.15) is 0 Å². The highest BCUT2D eigenvalue weighted by Gasteiger charge is 1.90. The first-order valence-corrected chi connectivity index (χ1v) is 6.57. The van der Waals surface area contributed by atoms with Crippen molar-refractivity contribution < 1.29 is 0 Å². The summed E-state index contributed by atoms with van der Waals surface area (Å²) in [5.41, 5.74) is 2.37. The van der Waals surface area contributed by atoms with Crippen molar-refractivity contribution in [2.75, 3.05) is 5.50 Å². The van der Waals surface area contributed by atoms with Gasteiger partial charge in [-0.25, -0.2) is 0 Å². The molecule has 1 rings (SSSR count). The Labute approximate surface area is 75.4 Å². The molecule has 0 unspecified atom stereocenters. The van der Waals surface area contributed by atoms with Crippen molar-refractivity contribution in [1.82, 2.24) is 0 Å². The van der Waals surface area contributed by atoms with Crippen LogP contribution in [0.5, 0.6) is 0 Å². The lowest BCUT2D eigenvalue weighted by Crippen LogP contribution is -1.93.